The van der Waals surface area contributed by atoms with Crippen LogP contribution >= 0.6 is 11.3 Å². The van der Waals surface area contributed by atoms with Crippen molar-refractivity contribution >= 4 is 23.4 Å². The molecule has 1 unspecified atom stereocenters. The van der Waals surface area contributed by atoms with E-state index in [2.05, 4.69) is 18.8 Å². The Morgan fingerprint density at radius 1 is 1.18 bits per heavy atom. The normalized spacial score (nSPS) is 15.8. The third-order valence-electron chi connectivity index (χ3n) is 5.85. The third kappa shape index (κ3) is 4.17. The molecule has 1 aliphatic heterocycles. The first-order chi connectivity index (χ1) is 16.2. The lowest BCUT2D eigenvalue weighted by atomic mass is 9.93. The molecule has 3 aromatic rings. The average Bonchev–Trinajstić information content (AvgIpc) is 3.12. The highest BCUT2D eigenvalue weighted by molar-refractivity contribution is 7.07. The number of nitrogens with zero attached hydrogens (tertiary/aromatic N) is 2. The highest BCUT2D eigenvalue weighted by Crippen LogP contribution is 2.31. The van der Waals surface area contributed by atoms with E-state index in [9.17, 15) is 14.7 Å². The van der Waals surface area contributed by atoms with Gasteiger partial charge in [-0.25, -0.2) is 9.79 Å². The number of benzene rings is 2. The zero-order valence-corrected chi connectivity index (χ0v) is 20.5. The van der Waals surface area contributed by atoms with E-state index in [0.717, 1.165) is 11.1 Å². The minimum atomic E-state index is -0.656. The van der Waals surface area contributed by atoms with Gasteiger partial charge in [-0.15, -0.1) is 0 Å². The number of fused-ring (bicyclic) bond motifs is 1. The molecule has 0 saturated carbocycles. The maximum Gasteiger partial charge on any atom is 0.338 e. The lowest BCUT2D eigenvalue weighted by Gasteiger charge is -2.24. The van der Waals surface area contributed by atoms with E-state index in [1.807, 2.05) is 24.3 Å². The molecular weight excluding hydrogens is 452 g/mol. The second kappa shape index (κ2) is 9.30. The molecule has 0 amide bonds. The summed E-state index contributed by atoms with van der Waals surface area (Å²) in [5.74, 6) is 0.167. The van der Waals surface area contributed by atoms with Crippen LogP contribution in [0, 0.1) is 0 Å². The van der Waals surface area contributed by atoms with Gasteiger partial charge in [-0.1, -0.05) is 55.5 Å². The number of ether oxygens (including phenoxy) is 2. The standard InChI is InChI=1S/C26H26N2O5S/c1-14(2)17-7-9-18(10-8-17)23-22(25(31)33-5)15(3)27-26-28(23)24(30)21(34-26)13-16-6-11-20(32-4)19(29)12-16/h6-14,23,29H,1-5H3/b21-13-. The smallest absolute Gasteiger partial charge is 0.338 e. The first-order valence-electron chi connectivity index (χ1n) is 10.8. The second-order valence-corrected chi connectivity index (χ2v) is 9.34. The van der Waals surface area contributed by atoms with Crippen LogP contribution in [-0.2, 0) is 9.53 Å². The number of thiazole rings is 1. The summed E-state index contributed by atoms with van der Waals surface area (Å²) < 4.78 is 12.1. The number of phenolic OH excluding ortho intramolecular Hbond substituents is 1. The number of methoxy groups -OCH3 is 2. The second-order valence-electron chi connectivity index (χ2n) is 8.33. The Bertz CT molecular complexity index is 1460. The van der Waals surface area contributed by atoms with E-state index < -0.39 is 12.0 Å². The summed E-state index contributed by atoms with van der Waals surface area (Å²) in [6.07, 6.45) is 1.69. The van der Waals surface area contributed by atoms with E-state index in [4.69, 9.17) is 9.47 Å². The van der Waals surface area contributed by atoms with E-state index in [0.29, 0.717) is 37.8 Å². The first-order valence-corrected chi connectivity index (χ1v) is 11.6. The Balaban J connectivity index is 1.92. The molecule has 0 radical (unpaired) electrons. The van der Waals surface area contributed by atoms with E-state index in [1.54, 1.807) is 29.7 Å². The molecule has 0 bridgehead atoms. The van der Waals surface area contributed by atoms with Gasteiger partial charge in [-0.05, 0) is 47.7 Å². The Hall–Kier alpha value is -3.65. The number of esters is 1. The summed E-state index contributed by atoms with van der Waals surface area (Å²) in [7, 11) is 2.80. The number of carbonyl (C=O) groups excluding carboxylic acids is 1. The first kappa shape index (κ1) is 23.5. The summed E-state index contributed by atoms with van der Waals surface area (Å²) in [4.78, 5) is 31.4. The fraction of sp³-hybridized carbons (Fsp3) is 0.269. The van der Waals surface area contributed by atoms with Gasteiger partial charge >= 0.3 is 5.97 Å². The molecule has 8 heteroatoms. The molecule has 0 saturated heterocycles. The summed E-state index contributed by atoms with van der Waals surface area (Å²) in [5, 5.41) is 10.1. The molecule has 7 nitrogen and oxygen atoms in total. The Morgan fingerprint density at radius 3 is 2.47 bits per heavy atom. The fourth-order valence-electron chi connectivity index (χ4n) is 4.02. The number of aromatic nitrogens is 1. The van der Waals surface area contributed by atoms with Crippen LogP contribution in [-0.4, -0.2) is 29.9 Å². The van der Waals surface area contributed by atoms with Crippen molar-refractivity contribution in [3.8, 4) is 11.5 Å². The quantitative estimate of drug-likeness (QED) is 0.569. The van der Waals surface area contributed by atoms with Crippen LogP contribution in [0.4, 0.5) is 0 Å². The molecular formula is C26H26N2O5S. The summed E-state index contributed by atoms with van der Waals surface area (Å²) in [6, 6.07) is 12.2. The predicted octanol–water partition coefficient (Wildman–Crippen LogP) is 3.25. The van der Waals surface area contributed by atoms with Crippen LogP contribution in [0.5, 0.6) is 11.5 Å². The van der Waals surface area contributed by atoms with Crippen molar-refractivity contribution in [2.24, 2.45) is 4.99 Å². The molecule has 4 rings (SSSR count). The van der Waals surface area contributed by atoms with Crippen LogP contribution in [0.25, 0.3) is 6.08 Å². The van der Waals surface area contributed by atoms with Crippen molar-refractivity contribution in [2.45, 2.75) is 32.7 Å². The van der Waals surface area contributed by atoms with E-state index in [-0.39, 0.29) is 11.3 Å². The third-order valence-corrected chi connectivity index (χ3v) is 6.83. The van der Waals surface area contributed by atoms with Crippen LogP contribution in [0.3, 0.4) is 0 Å². The molecule has 0 aliphatic carbocycles. The zero-order valence-electron chi connectivity index (χ0n) is 19.7. The van der Waals surface area contributed by atoms with Crippen molar-refractivity contribution in [1.82, 2.24) is 4.57 Å². The van der Waals surface area contributed by atoms with Crippen LogP contribution in [0.15, 0.2) is 63.5 Å². The average molecular weight is 479 g/mol. The number of aromatic hydroxyl groups is 1. The van der Waals surface area contributed by atoms with Gasteiger partial charge in [0, 0.05) is 0 Å². The molecule has 1 atom stereocenters. The zero-order chi connectivity index (χ0) is 24.6. The maximum atomic E-state index is 13.6. The summed E-state index contributed by atoms with van der Waals surface area (Å²) in [6.45, 7) is 5.97. The van der Waals surface area contributed by atoms with Gasteiger partial charge < -0.3 is 14.6 Å². The topological polar surface area (TPSA) is 90.1 Å². The fourth-order valence-corrected chi connectivity index (χ4v) is 5.07. The molecule has 2 heterocycles. The highest BCUT2D eigenvalue weighted by Gasteiger charge is 2.33. The van der Waals surface area contributed by atoms with Crippen molar-refractivity contribution in [3.63, 3.8) is 0 Å². The maximum absolute atomic E-state index is 13.6. The molecule has 0 fully saturated rings. The SMILES string of the molecule is COC(=O)C1=C(C)N=c2s/c(=C\c3ccc(OC)c(O)c3)c(=O)n2C1c1ccc(C(C)C)cc1. The molecule has 2 aromatic carbocycles. The molecule has 176 valence electrons. The highest BCUT2D eigenvalue weighted by atomic mass is 32.1. The minimum absolute atomic E-state index is 0.0176. The van der Waals surface area contributed by atoms with Gasteiger partial charge in [0.05, 0.1) is 36.1 Å². The van der Waals surface area contributed by atoms with Crippen molar-refractivity contribution in [3.05, 3.63) is 90.1 Å². The lowest BCUT2D eigenvalue weighted by molar-refractivity contribution is -0.136. The van der Waals surface area contributed by atoms with Crippen LogP contribution in [0.2, 0.25) is 0 Å². The van der Waals surface area contributed by atoms with Gasteiger partial charge in [0.15, 0.2) is 16.3 Å². The number of hydrogen-bond donors (Lipinski definition) is 1. The lowest BCUT2D eigenvalue weighted by Crippen LogP contribution is -2.39. The van der Waals surface area contributed by atoms with Gasteiger partial charge in [0.1, 0.15) is 0 Å². The number of carbonyl (C=O) groups is 1. The summed E-state index contributed by atoms with van der Waals surface area (Å²) in [5.41, 5.74) is 3.18. The Kier molecular flexibility index (Phi) is 6.43. The molecule has 0 spiro atoms. The minimum Gasteiger partial charge on any atom is -0.504 e. The molecule has 1 aliphatic rings. The van der Waals surface area contributed by atoms with Gasteiger partial charge in [-0.2, -0.15) is 0 Å². The van der Waals surface area contributed by atoms with Gasteiger partial charge in [0.25, 0.3) is 5.56 Å². The van der Waals surface area contributed by atoms with Gasteiger partial charge in [-0.3, -0.25) is 9.36 Å². The number of hydrogen-bond acceptors (Lipinski definition) is 7. The van der Waals surface area contributed by atoms with E-state index >= 15 is 0 Å². The van der Waals surface area contributed by atoms with Crippen molar-refractivity contribution in [2.75, 3.05) is 14.2 Å². The predicted molar refractivity (Wildman–Crippen MR) is 131 cm³/mol. The Labute approximate surface area is 200 Å². The van der Waals surface area contributed by atoms with Crippen molar-refractivity contribution in [1.29, 1.82) is 0 Å². The number of rotatable bonds is 5. The number of phenols is 1. The van der Waals surface area contributed by atoms with Crippen LogP contribution in [0.1, 0.15) is 49.4 Å². The summed E-state index contributed by atoms with van der Waals surface area (Å²) >= 11 is 1.23. The van der Waals surface area contributed by atoms with Crippen molar-refractivity contribution < 1.29 is 19.4 Å². The Morgan fingerprint density at radius 2 is 1.88 bits per heavy atom. The van der Waals surface area contributed by atoms with Gasteiger partial charge in [0.2, 0.25) is 0 Å². The van der Waals surface area contributed by atoms with Crippen LogP contribution < -0.4 is 19.6 Å². The molecule has 1 aromatic heterocycles. The van der Waals surface area contributed by atoms with E-state index in [1.165, 1.54) is 31.6 Å². The molecule has 1 N–H and O–H groups in total. The number of allylic oxidation sites excluding steroid dienone is 1. The largest absolute Gasteiger partial charge is 0.504 e. The monoisotopic (exact) mass is 478 g/mol. The molecule has 34 heavy (non-hydrogen) atoms.